The number of hydrogen-bond donors (Lipinski definition) is 2. The molecule has 2 atom stereocenters. The minimum Gasteiger partial charge on any atom is -0.466 e. The maximum Gasteiger partial charge on any atom is 0.306 e. The first-order chi connectivity index (χ1) is 13.5. The van der Waals surface area contributed by atoms with E-state index in [4.69, 9.17) is 30.5 Å². The number of hydrogen-bond acceptors (Lipinski definition) is 7. The minimum atomic E-state index is -0.248. The van der Waals surface area contributed by atoms with Crippen molar-refractivity contribution in [3.05, 3.63) is 23.8 Å². The molecule has 0 bridgehead atoms. The predicted octanol–water partition coefficient (Wildman–Crippen LogP) is 2.65. The Bertz CT molecular complexity index is 665. The molecule has 0 spiro atoms. The normalized spacial score (nSPS) is 15.2. The highest BCUT2D eigenvalue weighted by atomic mass is 16.7. The number of carbonyl (C=O) groups excluding carboxylic acids is 1. The van der Waals surface area contributed by atoms with Gasteiger partial charge in [-0.3, -0.25) is 4.79 Å². The van der Waals surface area contributed by atoms with Gasteiger partial charge in [0.2, 0.25) is 6.79 Å². The molecule has 0 radical (unpaired) electrons. The fourth-order valence-corrected chi connectivity index (χ4v) is 3.02. The van der Waals surface area contributed by atoms with Crippen molar-refractivity contribution in [3.8, 4) is 11.5 Å². The number of esters is 1. The van der Waals surface area contributed by atoms with E-state index in [1.165, 1.54) is 0 Å². The van der Waals surface area contributed by atoms with Gasteiger partial charge in [0, 0.05) is 6.42 Å². The second-order valence-electron chi connectivity index (χ2n) is 6.80. The fraction of sp³-hybridized carbons (Fsp3) is 0.600. The predicted molar refractivity (Wildman–Crippen MR) is 106 cm³/mol. The number of rotatable bonds is 12. The Kier molecular flexibility index (Phi) is 8.87. The van der Waals surface area contributed by atoms with Crippen molar-refractivity contribution in [1.82, 2.24) is 0 Å². The van der Waals surface area contributed by atoms with Crippen molar-refractivity contribution in [2.45, 2.75) is 58.0 Å². The van der Waals surface area contributed by atoms with Crippen LogP contribution < -0.4 is 20.9 Å². The summed E-state index contributed by atoms with van der Waals surface area (Å²) in [7, 11) is 0. The second kappa shape index (κ2) is 11.4. The molecular weight excluding hydrogens is 362 g/mol. The summed E-state index contributed by atoms with van der Waals surface area (Å²) in [4.78, 5) is 17.6. The van der Waals surface area contributed by atoms with E-state index in [1.807, 2.05) is 25.1 Å². The zero-order chi connectivity index (χ0) is 20.4. The maximum atomic E-state index is 12.1. The maximum absolute atomic E-state index is 12.1. The smallest absolute Gasteiger partial charge is 0.306 e. The monoisotopic (exact) mass is 393 g/mol. The lowest BCUT2D eigenvalue weighted by atomic mass is 9.90. The van der Waals surface area contributed by atoms with Crippen LogP contribution in [-0.4, -0.2) is 37.9 Å². The zero-order valence-corrected chi connectivity index (χ0v) is 16.7. The largest absolute Gasteiger partial charge is 0.466 e. The highest BCUT2D eigenvalue weighted by Crippen LogP contribution is 2.37. The summed E-state index contributed by atoms with van der Waals surface area (Å²) < 4.78 is 15.9. The average Bonchev–Trinajstić information content (AvgIpc) is 3.14. The summed E-state index contributed by atoms with van der Waals surface area (Å²) >= 11 is 0. The zero-order valence-electron chi connectivity index (χ0n) is 16.7. The molecule has 1 heterocycles. The molecule has 1 aliphatic rings. The van der Waals surface area contributed by atoms with Crippen LogP contribution in [0.3, 0.4) is 0 Å². The SMILES string of the molecule is CCOC(=O)CC(CC(C)O/N=C(\N)CCCCN)c1ccc2c(c1)OCO2. The molecule has 0 saturated heterocycles. The molecule has 0 fully saturated rings. The number of nitrogens with two attached hydrogens (primary N) is 2. The Labute approximate surface area is 166 Å². The van der Waals surface area contributed by atoms with Crippen molar-refractivity contribution in [1.29, 1.82) is 0 Å². The molecule has 0 aromatic heterocycles. The van der Waals surface area contributed by atoms with Crippen LogP contribution >= 0.6 is 0 Å². The van der Waals surface area contributed by atoms with Crippen LogP contribution in [0.4, 0.5) is 0 Å². The van der Waals surface area contributed by atoms with Crippen molar-refractivity contribution in [2.75, 3.05) is 19.9 Å². The fourth-order valence-electron chi connectivity index (χ4n) is 3.02. The van der Waals surface area contributed by atoms with Crippen molar-refractivity contribution >= 4 is 11.8 Å². The third kappa shape index (κ3) is 6.92. The van der Waals surface area contributed by atoms with Crippen molar-refractivity contribution in [3.63, 3.8) is 0 Å². The van der Waals surface area contributed by atoms with E-state index in [2.05, 4.69) is 5.16 Å². The summed E-state index contributed by atoms with van der Waals surface area (Å²) in [6.45, 7) is 4.89. The van der Waals surface area contributed by atoms with Gasteiger partial charge in [-0.05, 0) is 63.3 Å². The Balaban J connectivity index is 2.00. The molecule has 8 nitrogen and oxygen atoms in total. The molecule has 0 saturated carbocycles. The van der Waals surface area contributed by atoms with Crippen LogP contribution in [-0.2, 0) is 14.4 Å². The Morgan fingerprint density at radius 1 is 1.29 bits per heavy atom. The molecule has 28 heavy (non-hydrogen) atoms. The van der Waals surface area contributed by atoms with Gasteiger partial charge in [0.25, 0.3) is 0 Å². The summed E-state index contributed by atoms with van der Waals surface area (Å²) in [6, 6.07) is 5.70. The van der Waals surface area contributed by atoms with Gasteiger partial charge in [0.05, 0.1) is 13.0 Å². The molecule has 1 aromatic carbocycles. The van der Waals surface area contributed by atoms with Gasteiger partial charge < -0.3 is 30.5 Å². The summed E-state index contributed by atoms with van der Waals surface area (Å²) in [5.41, 5.74) is 12.3. The molecular formula is C20H31N3O5. The van der Waals surface area contributed by atoms with E-state index < -0.39 is 0 Å². The van der Waals surface area contributed by atoms with Gasteiger partial charge >= 0.3 is 5.97 Å². The number of ether oxygens (including phenoxy) is 3. The summed E-state index contributed by atoms with van der Waals surface area (Å²) in [5.74, 6) is 1.49. The number of fused-ring (bicyclic) bond motifs is 1. The third-order valence-electron chi connectivity index (χ3n) is 4.44. The first-order valence-electron chi connectivity index (χ1n) is 9.76. The van der Waals surface area contributed by atoms with Crippen LogP contribution in [0, 0.1) is 0 Å². The lowest BCUT2D eigenvalue weighted by Crippen LogP contribution is -2.18. The van der Waals surface area contributed by atoms with Gasteiger partial charge in [0.1, 0.15) is 11.9 Å². The number of amidine groups is 1. The van der Waals surface area contributed by atoms with Gasteiger partial charge in [-0.15, -0.1) is 0 Å². The van der Waals surface area contributed by atoms with Crippen molar-refractivity contribution in [2.24, 2.45) is 16.6 Å². The van der Waals surface area contributed by atoms with Crippen LogP contribution in [0.1, 0.15) is 57.4 Å². The number of benzene rings is 1. The first-order valence-corrected chi connectivity index (χ1v) is 9.76. The molecule has 1 aliphatic heterocycles. The van der Waals surface area contributed by atoms with E-state index in [-0.39, 0.29) is 31.2 Å². The highest BCUT2D eigenvalue weighted by molar-refractivity contribution is 5.79. The molecule has 8 heteroatoms. The lowest BCUT2D eigenvalue weighted by molar-refractivity contribution is -0.143. The van der Waals surface area contributed by atoms with E-state index in [0.717, 1.165) is 18.4 Å². The number of unbranched alkanes of at least 4 members (excludes halogenated alkanes) is 1. The van der Waals surface area contributed by atoms with Crippen LogP contribution in [0.25, 0.3) is 0 Å². The van der Waals surface area contributed by atoms with Crippen LogP contribution in [0.15, 0.2) is 23.4 Å². The Morgan fingerprint density at radius 2 is 2.07 bits per heavy atom. The third-order valence-corrected chi connectivity index (χ3v) is 4.44. The topological polar surface area (TPSA) is 118 Å². The highest BCUT2D eigenvalue weighted by Gasteiger charge is 2.23. The van der Waals surface area contributed by atoms with E-state index in [9.17, 15) is 4.79 Å². The first kappa shape index (κ1) is 21.8. The Hall–Kier alpha value is -2.48. The van der Waals surface area contributed by atoms with Crippen LogP contribution in [0.5, 0.6) is 11.5 Å². The standard InChI is InChI=1S/C20H31N3O5/c1-3-25-20(24)12-16(15-7-8-17-18(11-15)27-13-26-17)10-14(2)28-23-19(22)6-4-5-9-21/h7-8,11,14,16H,3-6,9-10,12-13,21H2,1-2H3,(H2,22,23). The molecule has 2 rings (SSSR count). The van der Waals surface area contributed by atoms with Gasteiger partial charge in [-0.25, -0.2) is 0 Å². The number of oxime groups is 1. The lowest BCUT2D eigenvalue weighted by Gasteiger charge is -2.20. The average molecular weight is 393 g/mol. The van der Waals surface area contributed by atoms with E-state index >= 15 is 0 Å². The molecule has 0 amide bonds. The van der Waals surface area contributed by atoms with Gasteiger partial charge in [0.15, 0.2) is 11.5 Å². The molecule has 0 aliphatic carbocycles. The molecule has 4 N–H and O–H groups in total. The van der Waals surface area contributed by atoms with Crippen molar-refractivity contribution < 1.29 is 23.8 Å². The summed E-state index contributed by atoms with van der Waals surface area (Å²) in [6.07, 6.45) is 3.04. The molecule has 1 aromatic rings. The van der Waals surface area contributed by atoms with E-state index in [0.29, 0.717) is 43.3 Å². The molecule has 2 unspecified atom stereocenters. The van der Waals surface area contributed by atoms with Crippen LogP contribution in [0.2, 0.25) is 0 Å². The second-order valence-corrected chi connectivity index (χ2v) is 6.80. The van der Waals surface area contributed by atoms with Gasteiger partial charge in [-0.2, -0.15) is 0 Å². The van der Waals surface area contributed by atoms with E-state index in [1.54, 1.807) is 6.92 Å². The van der Waals surface area contributed by atoms with Gasteiger partial charge in [-0.1, -0.05) is 11.2 Å². The Morgan fingerprint density at radius 3 is 2.82 bits per heavy atom. The quantitative estimate of drug-likeness (QED) is 0.184. The number of carbonyl (C=O) groups is 1. The summed E-state index contributed by atoms with van der Waals surface area (Å²) in [5, 5.41) is 4.01. The number of nitrogens with zero attached hydrogens (tertiary/aromatic N) is 1. The molecule has 156 valence electrons. The minimum absolute atomic E-state index is 0.0998.